The van der Waals surface area contributed by atoms with Crippen molar-refractivity contribution in [2.24, 2.45) is 17.3 Å². The number of ether oxygens (including phenoxy) is 3. The molecule has 1 unspecified atom stereocenters. The van der Waals surface area contributed by atoms with Gasteiger partial charge in [0.1, 0.15) is 19.0 Å². The average molecular weight is 760 g/mol. The van der Waals surface area contributed by atoms with Gasteiger partial charge in [-0.15, -0.1) is 11.6 Å². The highest BCUT2D eigenvalue weighted by Gasteiger charge is 2.42. The Bertz CT molecular complexity index is 1210. The van der Waals surface area contributed by atoms with E-state index >= 15 is 0 Å². The minimum absolute atomic E-state index is 0.00466. The Kier molecular flexibility index (Phi) is 22.5. The predicted octanol–water partition coefficient (Wildman–Crippen LogP) is 11.1. The van der Waals surface area contributed by atoms with Crippen LogP contribution in [0.5, 0.6) is 5.75 Å². The standard InChI is InChI=1S/C45H71ClO7/c1-3-5-6-7-8-9-10-11-12-13-16-19-31-51-37-24-20-23-36(34-37)44(50)53-33-32-52-43(49)28-18-15-14-17-25-38-39(41(47)35-40(38)46)26-21-27-42(48)45(4-2)29-22-30-45/h14,17,20-21,23-24,26,34,38-42,47-48H,3-13,15-16,18-19,22,25,27-33,35H2,1-2H3/t38-,39?,40-,41-,42+/m1/s1. The number of esters is 2. The topological polar surface area (TPSA) is 102 Å². The second-order valence-corrected chi connectivity index (χ2v) is 16.1. The van der Waals surface area contributed by atoms with Crippen LogP contribution >= 0.6 is 11.6 Å². The van der Waals surface area contributed by atoms with E-state index in [0.29, 0.717) is 37.2 Å². The van der Waals surface area contributed by atoms with Crippen molar-refractivity contribution in [3.8, 4) is 5.75 Å². The fourth-order valence-electron chi connectivity index (χ4n) is 7.86. The smallest absolute Gasteiger partial charge is 0.338 e. The quantitative estimate of drug-likeness (QED) is 0.0363. The number of carbonyl (C=O) groups is 2. The molecule has 0 aromatic heterocycles. The molecule has 0 spiro atoms. The van der Waals surface area contributed by atoms with Gasteiger partial charge in [0.05, 0.1) is 24.4 Å². The molecule has 0 amide bonds. The van der Waals surface area contributed by atoms with Crippen molar-refractivity contribution >= 4 is 23.5 Å². The Balaban J connectivity index is 1.20. The van der Waals surface area contributed by atoms with Crippen LogP contribution in [0.25, 0.3) is 0 Å². The average Bonchev–Trinajstić information content (AvgIpc) is 3.40. The van der Waals surface area contributed by atoms with Crippen LogP contribution in [-0.4, -0.2) is 59.6 Å². The molecule has 7 nitrogen and oxygen atoms in total. The third kappa shape index (κ3) is 16.9. The van der Waals surface area contributed by atoms with Crippen molar-refractivity contribution in [3.63, 3.8) is 0 Å². The van der Waals surface area contributed by atoms with Crippen LogP contribution in [0, 0.1) is 17.3 Å². The van der Waals surface area contributed by atoms with Crippen molar-refractivity contribution in [2.45, 2.75) is 173 Å². The normalized spacial score (nSPS) is 21.5. The lowest BCUT2D eigenvalue weighted by Crippen LogP contribution is -2.40. The van der Waals surface area contributed by atoms with Gasteiger partial charge in [0.25, 0.3) is 0 Å². The van der Waals surface area contributed by atoms with Crippen molar-refractivity contribution < 1.29 is 34.0 Å². The number of benzene rings is 1. The zero-order valence-corrected chi connectivity index (χ0v) is 33.8. The largest absolute Gasteiger partial charge is 0.494 e. The molecule has 0 aliphatic heterocycles. The van der Waals surface area contributed by atoms with Gasteiger partial charge in [-0.05, 0) is 87.3 Å². The van der Waals surface area contributed by atoms with Crippen LogP contribution in [-0.2, 0) is 14.3 Å². The highest BCUT2D eigenvalue weighted by molar-refractivity contribution is 6.21. The zero-order valence-electron chi connectivity index (χ0n) is 33.0. The summed E-state index contributed by atoms with van der Waals surface area (Å²) in [6.07, 6.45) is 31.0. The summed E-state index contributed by atoms with van der Waals surface area (Å²) in [6.45, 7) is 5.06. The molecule has 300 valence electrons. The molecule has 53 heavy (non-hydrogen) atoms. The van der Waals surface area contributed by atoms with Gasteiger partial charge in [-0.3, -0.25) is 4.79 Å². The Morgan fingerprint density at radius 2 is 1.57 bits per heavy atom. The van der Waals surface area contributed by atoms with Gasteiger partial charge < -0.3 is 24.4 Å². The molecule has 1 aromatic carbocycles. The molecule has 0 radical (unpaired) electrons. The summed E-state index contributed by atoms with van der Waals surface area (Å²) < 4.78 is 16.5. The van der Waals surface area contributed by atoms with Gasteiger partial charge in [-0.25, -0.2) is 4.79 Å². The number of aliphatic hydroxyl groups excluding tert-OH is 2. The van der Waals surface area contributed by atoms with Gasteiger partial charge in [0, 0.05) is 17.7 Å². The van der Waals surface area contributed by atoms with E-state index in [1.165, 1.54) is 70.6 Å². The van der Waals surface area contributed by atoms with Gasteiger partial charge in [-0.1, -0.05) is 121 Å². The Morgan fingerprint density at radius 1 is 0.887 bits per heavy atom. The van der Waals surface area contributed by atoms with Gasteiger partial charge in [0.15, 0.2) is 0 Å². The maximum Gasteiger partial charge on any atom is 0.338 e. The lowest BCUT2D eigenvalue weighted by atomic mass is 9.63. The summed E-state index contributed by atoms with van der Waals surface area (Å²) in [5.41, 5.74) is 0.488. The fraction of sp³-hybridized carbons (Fsp3) is 0.733. The third-order valence-corrected chi connectivity index (χ3v) is 12.1. The fourth-order valence-corrected chi connectivity index (χ4v) is 8.31. The first kappa shape index (κ1) is 45.0. The van der Waals surface area contributed by atoms with E-state index in [9.17, 15) is 19.8 Å². The van der Waals surface area contributed by atoms with E-state index in [1.54, 1.807) is 18.2 Å². The van der Waals surface area contributed by atoms with Crippen LogP contribution in [0.15, 0.2) is 48.6 Å². The molecule has 2 aliphatic rings. The van der Waals surface area contributed by atoms with E-state index in [2.05, 4.69) is 32.1 Å². The maximum atomic E-state index is 12.5. The molecule has 0 bridgehead atoms. The van der Waals surface area contributed by atoms with E-state index in [1.807, 2.05) is 12.1 Å². The number of rotatable bonds is 29. The molecule has 2 saturated carbocycles. The monoisotopic (exact) mass is 758 g/mol. The van der Waals surface area contributed by atoms with Gasteiger partial charge >= 0.3 is 11.9 Å². The molecule has 5 atom stereocenters. The van der Waals surface area contributed by atoms with Crippen molar-refractivity contribution in [1.82, 2.24) is 0 Å². The van der Waals surface area contributed by atoms with Crippen molar-refractivity contribution in [2.75, 3.05) is 19.8 Å². The van der Waals surface area contributed by atoms with Crippen LogP contribution < -0.4 is 4.74 Å². The lowest BCUT2D eigenvalue weighted by molar-refractivity contribution is -0.144. The number of allylic oxidation sites excluding steroid dienone is 2. The summed E-state index contributed by atoms with van der Waals surface area (Å²) in [5.74, 6) is -0.0232. The SMILES string of the molecule is CCCCCCCCCCCCCCOc1cccc(C(=O)OCCOC(=O)CCCC=CC[C@@H]2C(C=CC[C@H](O)C3(CC)CCC3)[C@H](O)C[C@H]2Cl)c1. The van der Waals surface area contributed by atoms with Gasteiger partial charge in [0.2, 0.25) is 0 Å². The number of unbranched alkanes of at least 4 members (excludes halogenated alkanes) is 12. The summed E-state index contributed by atoms with van der Waals surface area (Å²) in [6, 6.07) is 7.03. The highest BCUT2D eigenvalue weighted by Crippen LogP contribution is 2.48. The molecule has 2 N–H and O–H groups in total. The first-order valence-corrected chi connectivity index (χ1v) is 21.6. The van der Waals surface area contributed by atoms with Gasteiger partial charge in [-0.2, -0.15) is 0 Å². The van der Waals surface area contributed by atoms with Crippen molar-refractivity contribution in [1.29, 1.82) is 0 Å². The first-order valence-electron chi connectivity index (χ1n) is 21.2. The minimum atomic E-state index is -0.472. The maximum absolute atomic E-state index is 12.5. The third-order valence-electron chi connectivity index (χ3n) is 11.6. The first-order chi connectivity index (χ1) is 25.8. The summed E-state index contributed by atoms with van der Waals surface area (Å²) in [7, 11) is 0. The molecule has 0 saturated heterocycles. The molecule has 2 fully saturated rings. The predicted molar refractivity (Wildman–Crippen MR) is 215 cm³/mol. The number of alkyl halides is 1. The summed E-state index contributed by atoms with van der Waals surface area (Å²) >= 11 is 6.62. The van der Waals surface area contributed by atoms with E-state index in [4.69, 9.17) is 25.8 Å². The molecule has 2 aliphatic carbocycles. The zero-order chi connectivity index (χ0) is 38.2. The molecule has 0 heterocycles. The number of carbonyl (C=O) groups excluding carboxylic acids is 2. The molecule has 8 heteroatoms. The van der Waals surface area contributed by atoms with Crippen LogP contribution in [0.2, 0.25) is 0 Å². The van der Waals surface area contributed by atoms with E-state index in [0.717, 1.165) is 44.9 Å². The Hall–Kier alpha value is -2.35. The summed E-state index contributed by atoms with van der Waals surface area (Å²) in [4.78, 5) is 24.7. The van der Waals surface area contributed by atoms with E-state index in [-0.39, 0.29) is 54.3 Å². The number of hydrogen-bond donors (Lipinski definition) is 2. The molecule has 1 aromatic rings. The minimum Gasteiger partial charge on any atom is -0.494 e. The lowest BCUT2D eigenvalue weighted by Gasteiger charge is -2.45. The second kappa shape index (κ2) is 26.5. The molecule has 3 rings (SSSR count). The van der Waals surface area contributed by atoms with Crippen LogP contribution in [0.3, 0.4) is 0 Å². The van der Waals surface area contributed by atoms with E-state index < -0.39 is 12.1 Å². The van der Waals surface area contributed by atoms with Crippen LogP contribution in [0.4, 0.5) is 0 Å². The summed E-state index contributed by atoms with van der Waals surface area (Å²) in [5, 5.41) is 21.3. The second-order valence-electron chi connectivity index (χ2n) is 15.5. The van der Waals surface area contributed by atoms with Crippen LogP contribution in [0.1, 0.15) is 165 Å². The highest BCUT2D eigenvalue weighted by atomic mass is 35.5. The molecular weight excluding hydrogens is 688 g/mol. The molecular formula is C45H71ClO7. The number of aliphatic hydroxyl groups is 2. The Morgan fingerprint density at radius 3 is 2.23 bits per heavy atom. The number of halogens is 1. The number of hydrogen-bond acceptors (Lipinski definition) is 7. The Labute approximate surface area is 326 Å². The van der Waals surface area contributed by atoms with Crippen molar-refractivity contribution in [3.05, 3.63) is 54.1 Å².